The number of piperazine rings is 1. The lowest BCUT2D eigenvalue weighted by atomic mass is 10.0. The van der Waals surface area contributed by atoms with Crippen LogP contribution < -0.4 is 10.2 Å². The Hall–Kier alpha value is -2.32. The number of hydrogen-bond acceptors (Lipinski definition) is 6. The molecule has 2 heterocycles. The van der Waals surface area contributed by atoms with Gasteiger partial charge in [-0.15, -0.1) is 0 Å². The third-order valence-electron chi connectivity index (χ3n) is 6.22. The third kappa shape index (κ3) is 6.58. The zero-order valence-corrected chi connectivity index (χ0v) is 19.2. The highest BCUT2D eigenvalue weighted by Crippen LogP contribution is 2.26. The Morgan fingerprint density at radius 1 is 1.06 bits per heavy atom. The third-order valence-corrected chi connectivity index (χ3v) is 6.22. The minimum atomic E-state index is -0.380. The number of carbonyl (C=O) groups excluding carboxylic acids is 2. The second kappa shape index (κ2) is 11.3. The molecule has 2 amide bonds. The highest BCUT2D eigenvalue weighted by atomic mass is 16.5. The molecule has 2 saturated heterocycles. The first kappa shape index (κ1) is 23.3. The highest BCUT2D eigenvalue weighted by molar-refractivity contribution is 6.00. The molecule has 0 aromatic heterocycles. The Balaban J connectivity index is 1.55. The first-order chi connectivity index (χ1) is 15.0. The number of nitrogens with zero attached hydrogens (tertiary/aromatic N) is 4. The zero-order valence-electron chi connectivity index (χ0n) is 19.2. The van der Waals surface area contributed by atoms with Gasteiger partial charge in [0.25, 0.3) is 5.91 Å². The predicted molar refractivity (Wildman–Crippen MR) is 123 cm³/mol. The number of benzene rings is 1. The minimum absolute atomic E-state index is 0.118. The average Bonchev–Trinajstić information content (AvgIpc) is 2.79. The predicted octanol–water partition coefficient (Wildman–Crippen LogP) is 1.72. The maximum atomic E-state index is 13.3. The first-order valence-electron chi connectivity index (χ1n) is 11.3. The van der Waals surface area contributed by atoms with Gasteiger partial charge in [-0.3, -0.25) is 9.69 Å². The van der Waals surface area contributed by atoms with Crippen molar-refractivity contribution in [3.05, 3.63) is 29.8 Å². The summed E-state index contributed by atoms with van der Waals surface area (Å²) in [5.41, 5.74) is 1.78. The number of alkyl carbamates (subject to hydrolysis) is 1. The van der Waals surface area contributed by atoms with Crippen LogP contribution in [0.2, 0.25) is 0 Å². The van der Waals surface area contributed by atoms with E-state index < -0.39 is 0 Å². The van der Waals surface area contributed by atoms with E-state index >= 15 is 0 Å². The van der Waals surface area contributed by atoms with Crippen molar-refractivity contribution in [2.24, 2.45) is 0 Å². The Morgan fingerprint density at radius 2 is 1.74 bits per heavy atom. The van der Waals surface area contributed by atoms with E-state index in [-0.39, 0.29) is 18.0 Å². The number of amides is 2. The number of para-hydroxylation sites is 1. The summed E-state index contributed by atoms with van der Waals surface area (Å²) in [6, 6.07) is 8.04. The largest absolute Gasteiger partial charge is 0.453 e. The number of ether oxygens (including phenoxy) is 1. The van der Waals surface area contributed by atoms with E-state index in [9.17, 15) is 9.59 Å². The SMILES string of the molecule is COC(=O)NC1CCN(c2ccccc2C(=O)N2CCN(CCCN(C)C)CC2)CC1. The molecule has 0 aliphatic carbocycles. The second-order valence-electron chi connectivity index (χ2n) is 8.71. The van der Waals surface area contributed by atoms with Crippen LogP contribution in [-0.4, -0.2) is 106 Å². The lowest BCUT2D eigenvalue weighted by Crippen LogP contribution is -2.49. The van der Waals surface area contributed by atoms with Crippen molar-refractivity contribution in [3.63, 3.8) is 0 Å². The van der Waals surface area contributed by atoms with Crippen LogP contribution in [0.4, 0.5) is 10.5 Å². The summed E-state index contributed by atoms with van der Waals surface area (Å²) >= 11 is 0. The number of anilines is 1. The quantitative estimate of drug-likeness (QED) is 0.709. The lowest BCUT2D eigenvalue weighted by Gasteiger charge is -2.37. The van der Waals surface area contributed by atoms with E-state index in [4.69, 9.17) is 4.74 Å². The number of methoxy groups -OCH3 is 1. The van der Waals surface area contributed by atoms with Gasteiger partial charge in [0.15, 0.2) is 0 Å². The Kier molecular flexibility index (Phi) is 8.54. The van der Waals surface area contributed by atoms with Gasteiger partial charge in [0, 0.05) is 51.0 Å². The molecule has 0 saturated carbocycles. The summed E-state index contributed by atoms with van der Waals surface area (Å²) in [5.74, 6) is 0.123. The smallest absolute Gasteiger partial charge is 0.407 e. The molecular weight excluding hydrogens is 394 g/mol. The normalized spacial score (nSPS) is 18.3. The highest BCUT2D eigenvalue weighted by Gasteiger charge is 2.27. The van der Waals surface area contributed by atoms with Crippen molar-refractivity contribution in [1.29, 1.82) is 0 Å². The maximum absolute atomic E-state index is 13.3. The standard InChI is InChI=1S/C23H37N5O3/c1-25(2)11-6-12-26-15-17-28(18-16-26)22(29)20-7-4-5-8-21(20)27-13-9-19(10-14-27)24-23(30)31-3/h4-5,7-8,19H,6,9-18H2,1-3H3,(H,24,30). The molecule has 0 spiro atoms. The Bertz CT molecular complexity index is 726. The molecule has 0 bridgehead atoms. The van der Waals surface area contributed by atoms with Gasteiger partial charge in [0.1, 0.15) is 0 Å². The van der Waals surface area contributed by atoms with Crippen molar-refractivity contribution in [2.75, 3.05) is 78.5 Å². The molecule has 0 unspecified atom stereocenters. The Labute approximate surface area is 186 Å². The summed E-state index contributed by atoms with van der Waals surface area (Å²) in [6.07, 6.45) is 2.45. The van der Waals surface area contributed by atoms with Crippen LogP contribution in [0.25, 0.3) is 0 Å². The van der Waals surface area contributed by atoms with Crippen molar-refractivity contribution in [2.45, 2.75) is 25.3 Å². The summed E-state index contributed by atoms with van der Waals surface area (Å²) in [6.45, 7) is 7.22. The number of nitrogens with one attached hydrogen (secondary N) is 1. The molecule has 1 aromatic rings. The topological polar surface area (TPSA) is 68.4 Å². The molecular formula is C23H37N5O3. The van der Waals surface area contributed by atoms with Gasteiger partial charge in [0.05, 0.1) is 12.7 Å². The van der Waals surface area contributed by atoms with Gasteiger partial charge in [-0.1, -0.05) is 12.1 Å². The van der Waals surface area contributed by atoms with Gasteiger partial charge in [-0.05, 0) is 58.6 Å². The van der Waals surface area contributed by atoms with Crippen LogP contribution in [0.5, 0.6) is 0 Å². The number of rotatable bonds is 7. The molecule has 1 aromatic carbocycles. The summed E-state index contributed by atoms with van der Waals surface area (Å²) in [7, 11) is 5.59. The van der Waals surface area contributed by atoms with Gasteiger partial charge in [-0.2, -0.15) is 0 Å². The number of piperidine rings is 1. The monoisotopic (exact) mass is 431 g/mol. The molecule has 31 heavy (non-hydrogen) atoms. The summed E-state index contributed by atoms with van der Waals surface area (Å²) in [4.78, 5) is 33.7. The lowest BCUT2D eigenvalue weighted by molar-refractivity contribution is 0.0634. The van der Waals surface area contributed by atoms with E-state index in [1.807, 2.05) is 29.2 Å². The minimum Gasteiger partial charge on any atom is -0.453 e. The molecule has 0 radical (unpaired) electrons. The van der Waals surface area contributed by atoms with E-state index in [1.165, 1.54) is 7.11 Å². The van der Waals surface area contributed by atoms with Crippen LogP contribution in [0.1, 0.15) is 29.6 Å². The van der Waals surface area contributed by atoms with Gasteiger partial charge < -0.3 is 24.8 Å². The van der Waals surface area contributed by atoms with Gasteiger partial charge >= 0.3 is 6.09 Å². The summed E-state index contributed by atoms with van der Waals surface area (Å²) in [5, 5.41) is 2.88. The molecule has 2 fully saturated rings. The fourth-order valence-corrected chi connectivity index (χ4v) is 4.38. The molecule has 8 nitrogen and oxygen atoms in total. The molecule has 8 heteroatoms. The average molecular weight is 432 g/mol. The number of hydrogen-bond donors (Lipinski definition) is 1. The van der Waals surface area contributed by atoms with E-state index in [2.05, 4.69) is 34.1 Å². The molecule has 1 N–H and O–H groups in total. The van der Waals surface area contributed by atoms with E-state index in [0.29, 0.717) is 0 Å². The van der Waals surface area contributed by atoms with Crippen molar-refractivity contribution in [3.8, 4) is 0 Å². The maximum Gasteiger partial charge on any atom is 0.407 e. The Morgan fingerprint density at radius 3 is 2.39 bits per heavy atom. The first-order valence-corrected chi connectivity index (χ1v) is 11.3. The van der Waals surface area contributed by atoms with Crippen LogP contribution in [-0.2, 0) is 4.74 Å². The fraction of sp³-hybridized carbons (Fsp3) is 0.652. The van der Waals surface area contributed by atoms with Crippen molar-refractivity contribution < 1.29 is 14.3 Å². The molecule has 0 atom stereocenters. The second-order valence-corrected chi connectivity index (χ2v) is 8.71. The van der Waals surface area contributed by atoms with Crippen molar-refractivity contribution >= 4 is 17.7 Å². The zero-order chi connectivity index (χ0) is 22.2. The van der Waals surface area contributed by atoms with Gasteiger partial charge in [0.2, 0.25) is 0 Å². The summed E-state index contributed by atoms with van der Waals surface area (Å²) < 4.78 is 4.70. The molecule has 172 valence electrons. The van der Waals surface area contributed by atoms with Crippen molar-refractivity contribution in [1.82, 2.24) is 20.0 Å². The molecule has 2 aliphatic heterocycles. The molecule has 3 rings (SSSR count). The van der Waals surface area contributed by atoms with Crippen LogP contribution in [0.3, 0.4) is 0 Å². The van der Waals surface area contributed by atoms with Crippen LogP contribution >= 0.6 is 0 Å². The van der Waals surface area contributed by atoms with Gasteiger partial charge in [-0.25, -0.2) is 4.79 Å². The van der Waals surface area contributed by atoms with Crippen LogP contribution in [0.15, 0.2) is 24.3 Å². The van der Waals surface area contributed by atoms with E-state index in [0.717, 1.165) is 82.9 Å². The number of carbonyl (C=O) groups is 2. The fourth-order valence-electron chi connectivity index (χ4n) is 4.38. The molecule has 2 aliphatic rings. The van der Waals surface area contributed by atoms with E-state index in [1.54, 1.807) is 0 Å². The van der Waals surface area contributed by atoms with Crippen LogP contribution in [0, 0.1) is 0 Å².